The predicted octanol–water partition coefficient (Wildman–Crippen LogP) is 2.64. The number of hydroxylamine groups is 1. The summed E-state index contributed by atoms with van der Waals surface area (Å²) >= 11 is 0. The lowest BCUT2D eigenvalue weighted by molar-refractivity contribution is -0.144. The molecular weight excluding hydrogens is 360 g/mol. The molecule has 0 radical (unpaired) electrons. The topological polar surface area (TPSA) is 121 Å². The number of hydrogen-bond donors (Lipinski definition) is 3. The summed E-state index contributed by atoms with van der Waals surface area (Å²) in [6.45, 7) is 2.01. The van der Waals surface area contributed by atoms with Gasteiger partial charge in [-0.2, -0.15) is 0 Å². The number of Topliss-reactive ketones (excluding diaryl/α,β-unsaturated/α-hetero) is 1. The van der Waals surface area contributed by atoms with Crippen molar-refractivity contribution in [3.8, 4) is 0 Å². The van der Waals surface area contributed by atoms with Crippen molar-refractivity contribution in [2.75, 3.05) is 5.32 Å². The zero-order valence-electron chi connectivity index (χ0n) is 16.2. The molecule has 2 fully saturated rings. The largest absolute Gasteiger partial charge is 0.310 e. The van der Waals surface area contributed by atoms with E-state index in [4.69, 9.17) is 5.21 Å². The van der Waals surface area contributed by atoms with Gasteiger partial charge in [0, 0.05) is 18.5 Å². The molecule has 2 aliphatic carbocycles. The molecule has 1 spiro atoms. The van der Waals surface area contributed by atoms with Crippen LogP contribution in [0.5, 0.6) is 0 Å². The maximum atomic E-state index is 13.6. The Bertz CT molecular complexity index is 735. The van der Waals surface area contributed by atoms with Gasteiger partial charge in [0.15, 0.2) is 5.78 Å². The van der Waals surface area contributed by atoms with Gasteiger partial charge in [-0.25, -0.2) is 15.4 Å². The van der Waals surface area contributed by atoms with Crippen LogP contribution in [-0.4, -0.2) is 32.8 Å². The van der Waals surface area contributed by atoms with Gasteiger partial charge in [-0.05, 0) is 50.0 Å². The third kappa shape index (κ3) is 4.22. The molecule has 2 unspecified atom stereocenters. The SMILES string of the molecule is CCCCC(CC(=O)NO)C(=O)C1(C(=O)Nc2ccncn2)CCC2(CC2)C1. The van der Waals surface area contributed by atoms with Gasteiger partial charge in [-0.3, -0.25) is 19.6 Å². The van der Waals surface area contributed by atoms with Gasteiger partial charge in [0.25, 0.3) is 0 Å². The van der Waals surface area contributed by atoms with Crippen LogP contribution in [0.3, 0.4) is 0 Å². The maximum Gasteiger partial charge on any atom is 0.244 e. The first-order valence-electron chi connectivity index (χ1n) is 9.99. The summed E-state index contributed by atoms with van der Waals surface area (Å²) in [5, 5.41) is 11.7. The monoisotopic (exact) mass is 388 g/mol. The van der Waals surface area contributed by atoms with Crippen molar-refractivity contribution in [2.24, 2.45) is 16.7 Å². The molecule has 2 aliphatic rings. The number of unbranched alkanes of at least 4 members (excludes halogenated alkanes) is 1. The van der Waals surface area contributed by atoms with Crippen LogP contribution in [0.15, 0.2) is 18.6 Å². The summed E-state index contributed by atoms with van der Waals surface area (Å²) < 4.78 is 0. The Morgan fingerprint density at radius 1 is 1.25 bits per heavy atom. The number of nitrogens with zero attached hydrogens (tertiary/aromatic N) is 2. The number of carbonyl (C=O) groups excluding carboxylic acids is 3. The molecule has 3 rings (SSSR count). The minimum Gasteiger partial charge on any atom is -0.310 e. The van der Waals surface area contributed by atoms with Crippen molar-refractivity contribution < 1.29 is 19.6 Å². The highest BCUT2D eigenvalue weighted by atomic mass is 16.5. The zero-order chi connectivity index (χ0) is 20.2. The maximum absolute atomic E-state index is 13.6. The molecular formula is C20H28N4O4. The number of ketones is 1. The van der Waals surface area contributed by atoms with Crippen molar-refractivity contribution in [3.05, 3.63) is 18.6 Å². The summed E-state index contributed by atoms with van der Waals surface area (Å²) in [6.07, 6.45) is 8.91. The van der Waals surface area contributed by atoms with E-state index >= 15 is 0 Å². The number of nitrogens with one attached hydrogen (secondary N) is 2. The fourth-order valence-electron chi connectivity index (χ4n) is 4.45. The number of amides is 2. The van der Waals surface area contributed by atoms with E-state index in [-0.39, 0.29) is 23.5 Å². The highest BCUT2D eigenvalue weighted by Gasteiger charge is 2.61. The molecule has 8 nitrogen and oxygen atoms in total. The summed E-state index contributed by atoms with van der Waals surface area (Å²) in [5.41, 5.74) is 0.566. The lowest BCUT2D eigenvalue weighted by Crippen LogP contribution is -2.45. The minimum atomic E-state index is -1.14. The second-order valence-electron chi connectivity index (χ2n) is 8.25. The Kier molecular flexibility index (Phi) is 6.07. The molecule has 0 bridgehead atoms. The first-order valence-corrected chi connectivity index (χ1v) is 9.99. The van der Waals surface area contributed by atoms with Crippen LogP contribution in [0, 0.1) is 16.7 Å². The van der Waals surface area contributed by atoms with Gasteiger partial charge in [-0.15, -0.1) is 0 Å². The van der Waals surface area contributed by atoms with E-state index in [9.17, 15) is 14.4 Å². The van der Waals surface area contributed by atoms with Gasteiger partial charge in [0.05, 0.1) is 0 Å². The normalized spacial score (nSPS) is 23.2. The molecule has 2 saturated carbocycles. The van der Waals surface area contributed by atoms with E-state index in [2.05, 4.69) is 15.3 Å². The molecule has 8 heteroatoms. The van der Waals surface area contributed by atoms with E-state index in [1.54, 1.807) is 11.5 Å². The van der Waals surface area contributed by atoms with Gasteiger partial charge >= 0.3 is 0 Å². The smallest absolute Gasteiger partial charge is 0.244 e. The fraction of sp³-hybridized carbons (Fsp3) is 0.650. The number of hydrogen-bond acceptors (Lipinski definition) is 6. The quantitative estimate of drug-likeness (QED) is 0.340. The Morgan fingerprint density at radius 3 is 2.57 bits per heavy atom. The molecule has 152 valence electrons. The van der Waals surface area contributed by atoms with Crippen LogP contribution >= 0.6 is 0 Å². The summed E-state index contributed by atoms with van der Waals surface area (Å²) in [5.74, 6) is -1.34. The van der Waals surface area contributed by atoms with Crippen LogP contribution in [0.2, 0.25) is 0 Å². The fourth-order valence-corrected chi connectivity index (χ4v) is 4.45. The van der Waals surface area contributed by atoms with Gasteiger partial charge < -0.3 is 5.32 Å². The summed E-state index contributed by atoms with van der Waals surface area (Å²) in [7, 11) is 0. The van der Waals surface area contributed by atoms with Gasteiger partial charge in [0.1, 0.15) is 17.6 Å². The lowest BCUT2D eigenvalue weighted by Gasteiger charge is -2.30. The van der Waals surface area contributed by atoms with E-state index in [0.29, 0.717) is 25.1 Å². The van der Waals surface area contributed by atoms with Crippen molar-refractivity contribution >= 4 is 23.4 Å². The predicted molar refractivity (Wildman–Crippen MR) is 101 cm³/mol. The van der Waals surface area contributed by atoms with E-state index in [0.717, 1.165) is 32.1 Å². The minimum absolute atomic E-state index is 0.0905. The first-order chi connectivity index (χ1) is 13.4. The number of rotatable bonds is 9. The Balaban J connectivity index is 1.86. The Hall–Kier alpha value is -2.35. The van der Waals surface area contributed by atoms with Crippen LogP contribution in [0.4, 0.5) is 5.82 Å². The van der Waals surface area contributed by atoms with E-state index < -0.39 is 17.2 Å². The lowest BCUT2D eigenvalue weighted by atomic mass is 9.72. The molecule has 1 aromatic heterocycles. The highest BCUT2D eigenvalue weighted by molar-refractivity contribution is 6.12. The van der Waals surface area contributed by atoms with Gasteiger partial charge in [-0.1, -0.05) is 19.8 Å². The van der Waals surface area contributed by atoms with E-state index in [1.807, 2.05) is 6.92 Å². The van der Waals surface area contributed by atoms with E-state index in [1.165, 1.54) is 12.5 Å². The molecule has 3 N–H and O–H groups in total. The van der Waals surface area contributed by atoms with Crippen molar-refractivity contribution in [1.29, 1.82) is 0 Å². The number of aromatic nitrogens is 2. The summed E-state index contributed by atoms with van der Waals surface area (Å²) in [6, 6.07) is 1.59. The second-order valence-corrected chi connectivity index (χ2v) is 8.25. The average molecular weight is 388 g/mol. The van der Waals surface area contributed by atoms with Crippen molar-refractivity contribution in [2.45, 2.75) is 64.7 Å². The van der Waals surface area contributed by atoms with Crippen molar-refractivity contribution in [3.63, 3.8) is 0 Å². The summed E-state index contributed by atoms with van der Waals surface area (Å²) in [4.78, 5) is 46.6. The molecule has 2 amide bonds. The van der Waals surface area contributed by atoms with Crippen LogP contribution in [-0.2, 0) is 14.4 Å². The third-order valence-electron chi connectivity index (χ3n) is 6.28. The molecule has 0 saturated heterocycles. The molecule has 1 aromatic rings. The first kappa shape index (κ1) is 20.4. The van der Waals surface area contributed by atoms with Crippen LogP contribution in [0.1, 0.15) is 64.7 Å². The molecule has 0 aromatic carbocycles. The Labute approximate surface area is 164 Å². The molecule has 2 atom stereocenters. The number of anilines is 1. The number of carbonyl (C=O) groups is 3. The van der Waals surface area contributed by atoms with Crippen LogP contribution < -0.4 is 10.8 Å². The second kappa shape index (κ2) is 8.34. The van der Waals surface area contributed by atoms with Crippen LogP contribution in [0.25, 0.3) is 0 Å². The Morgan fingerprint density at radius 2 is 2.00 bits per heavy atom. The third-order valence-corrected chi connectivity index (χ3v) is 6.28. The standard InChI is InChI=1S/C20H28N4O4/c1-2-3-4-14(11-16(25)24-28)17(26)20(9-8-19(12-20)6-7-19)18(27)23-15-5-10-21-13-22-15/h5,10,13-14,28H,2-4,6-9,11-12H2,1H3,(H,24,25)(H,21,22,23,27). The average Bonchev–Trinajstić information content (AvgIpc) is 3.35. The van der Waals surface area contributed by atoms with Crippen molar-refractivity contribution in [1.82, 2.24) is 15.4 Å². The highest BCUT2D eigenvalue weighted by Crippen LogP contribution is 2.64. The zero-order valence-corrected chi connectivity index (χ0v) is 16.2. The van der Waals surface area contributed by atoms with Gasteiger partial charge in [0.2, 0.25) is 11.8 Å². The molecule has 0 aliphatic heterocycles. The molecule has 28 heavy (non-hydrogen) atoms. The molecule has 1 heterocycles.